The van der Waals surface area contributed by atoms with Crippen molar-refractivity contribution < 1.29 is 9.53 Å². The van der Waals surface area contributed by atoms with Crippen LogP contribution in [0.25, 0.3) is 11.1 Å². The third-order valence-electron chi connectivity index (χ3n) is 4.88. The van der Waals surface area contributed by atoms with Gasteiger partial charge in [-0.2, -0.15) is 0 Å². The number of ether oxygens (including phenoxy) is 1. The van der Waals surface area contributed by atoms with Crippen molar-refractivity contribution in [3.05, 3.63) is 59.7 Å². The average molecular weight is 375 g/mol. The summed E-state index contributed by atoms with van der Waals surface area (Å²) in [6.45, 7) is 1.02. The van der Waals surface area contributed by atoms with Crippen LogP contribution in [-0.4, -0.2) is 25.2 Å². The van der Waals surface area contributed by atoms with Gasteiger partial charge in [-0.25, -0.2) is 0 Å². The predicted molar refractivity (Wildman–Crippen MR) is 107 cm³/mol. The molecule has 26 heavy (non-hydrogen) atoms. The van der Waals surface area contributed by atoms with Gasteiger partial charge in [0.2, 0.25) is 0 Å². The summed E-state index contributed by atoms with van der Waals surface area (Å²) in [6, 6.07) is 16.1. The highest BCUT2D eigenvalue weighted by atomic mass is 35.5. The third kappa shape index (κ3) is 4.44. The van der Waals surface area contributed by atoms with Crippen LogP contribution in [0.2, 0.25) is 0 Å². The minimum absolute atomic E-state index is 0. The van der Waals surface area contributed by atoms with Crippen molar-refractivity contribution in [1.82, 2.24) is 0 Å². The summed E-state index contributed by atoms with van der Waals surface area (Å²) in [5.41, 5.74) is 16.3. The van der Waals surface area contributed by atoms with Crippen LogP contribution in [0.5, 0.6) is 0 Å². The topological polar surface area (TPSA) is 78.3 Å². The molecule has 2 aromatic rings. The van der Waals surface area contributed by atoms with E-state index in [0.717, 1.165) is 19.3 Å². The Morgan fingerprint density at radius 1 is 0.962 bits per heavy atom. The largest absolute Gasteiger partial charge is 0.464 e. The van der Waals surface area contributed by atoms with Crippen LogP contribution in [0.1, 0.15) is 42.7 Å². The summed E-state index contributed by atoms with van der Waals surface area (Å²) in [4.78, 5) is 12.2. The van der Waals surface area contributed by atoms with Crippen molar-refractivity contribution >= 4 is 18.4 Å². The fourth-order valence-electron chi connectivity index (χ4n) is 3.52. The minimum atomic E-state index is -0.551. The van der Waals surface area contributed by atoms with Crippen molar-refractivity contribution in [2.75, 3.05) is 13.2 Å². The molecule has 0 radical (unpaired) electrons. The molecular formula is C21H27ClN2O2. The van der Waals surface area contributed by atoms with Crippen LogP contribution in [0.4, 0.5) is 0 Å². The molecule has 140 valence electrons. The van der Waals surface area contributed by atoms with Gasteiger partial charge in [-0.3, -0.25) is 4.79 Å². The molecule has 1 aliphatic carbocycles. The van der Waals surface area contributed by atoms with E-state index in [4.69, 9.17) is 16.2 Å². The average Bonchev–Trinajstić information content (AvgIpc) is 2.97. The fraction of sp³-hybridized carbons (Fsp3) is 0.381. The van der Waals surface area contributed by atoms with E-state index < -0.39 is 6.04 Å². The number of rotatable bonds is 8. The smallest absolute Gasteiger partial charge is 0.322 e. The molecule has 1 aliphatic rings. The lowest BCUT2D eigenvalue weighted by Crippen LogP contribution is -2.33. The Kier molecular flexibility index (Phi) is 7.64. The number of carbonyl (C=O) groups excluding carboxylic acids is 1. The highest BCUT2D eigenvalue weighted by molar-refractivity contribution is 5.85. The highest BCUT2D eigenvalue weighted by Gasteiger charge is 2.29. The maximum atomic E-state index is 12.2. The number of hydrogen-bond donors (Lipinski definition) is 2. The zero-order valence-corrected chi connectivity index (χ0v) is 15.7. The summed E-state index contributed by atoms with van der Waals surface area (Å²) in [6.07, 6.45) is 3.53. The van der Waals surface area contributed by atoms with Crippen molar-refractivity contribution in [2.45, 2.75) is 37.6 Å². The number of nitrogens with two attached hydrogens (primary N) is 2. The standard InChI is InChI=1S/C21H26N2O2.ClH/c22-13-7-1-2-12-20(23)21(24)25-14-19-17-10-5-3-8-15(17)16-9-4-6-11-18(16)19;/h3-6,8-11,19-20H,1-2,7,12-14,22-23H2;1H. The molecule has 5 heteroatoms. The Bertz CT molecular complexity index is 690. The summed E-state index contributed by atoms with van der Waals surface area (Å²) in [5, 5.41) is 0. The first-order valence-electron chi connectivity index (χ1n) is 9.03. The Balaban J connectivity index is 0.00000243. The molecule has 1 unspecified atom stereocenters. The highest BCUT2D eigenvalue weighted by Crippen LogP contribution is 2.44. The van der Waals surface area contributed by atoms with E-state index in [1.54, 1.807) is 0 Å². The molecule has 3 rings (SSSR count). The van der Waals surface area contributed by atoms with E-state index >= 15 is 0 Å². The van der Waals surface area contributed by atoms with Gasteiger partial charge in [0.25, 0.3) is 0 Å². The van der Waals surface area contributed by atoms with Gasteiger partial charge in [-0.1, -0.05) is 61.4 Å². The molecule has 0 heterocycles. The molecule has 0 saturated carbocycles. The van der Waals surface area contributed by atoms with E-state index in [2.05, 4.69) is 24.3 Å². The van der Waals surface area contributed by atoms with Crippen LogP contribution in [0.3, 0.4) is 0 Å². The fourth-order valence-corrected chi connectivity index (χ4v) is 3.52. The van der Waals surface area contributed by atoms with Crippen molar-refractivity contribution in [1.29, 1.82) is 0 Å². The Morgan fingerprint density at radius 3 is 2.12 bits per heavy atom. The maximum absolute atomic E-state index is 12.2. The first-order chi connectivity index (χ1) is 12.2. The molecule has 0 bridgehead atoms. The number of esters is 1. The zero-order chi connectivity index (χ0) is 17.6. The van der Waals surface area contributed by atoms with Gasteiger partial charge in [0.1, 0.15) is 12.6 Å². The van der Waals surface area contributed by atoms with Gasteiger partial charge < -0.3 is 16.2 Å². The molecule has 4 nitrogen and oxygen atoms in total. The quantitative estimate of drug-likeness (QED) is 0.546. The molecule has 0 saturated heterocycles. The molecule has 0 spiro atoms. The van der Waals surface area contributed by atoms with E-state index in [1.807, 2.05) is 24.3 Å². The van der Waals surface area contributed by atoms with Gasteiger partial charge in [-0.05, 0) is 41.6 Å². The number of carbonyl (C=O) groups is 1. The lowest BCUT2D eigenvalue weighted by molar-refractivity contribution is -0.145. The molecule has 0 amide bonds. The number of fused-ring (bicyclic) bond motifs is 3. The number of unbranched alkanes of at least 4 members (excludes halogenated alkanes) is 2. The zero-order valence-electron chi connectivity index (χ0n) is 14.9. The molecule has 0 fully saturated rings. The van der Waals surface area contributed by atoms with Crippen LogP contribution in [-0.2, 0) is 9.53 Å². The molecule has 0 aliphatic heterocycles. The van der Waals surface area contributed by atoms with Crippen LogP contribution in [0.15, 0.2) is 48.5 Å². The molecule has 1 atom stereocenters. The van der Waals surface area contributed by atoms with Crippen LogP contribution in [0, 0.1) is 0 Å². The summed E-state index contributed by atoms with van der Waals surface area (Å²) >= 11 is 0. The first-order valence-corrected chi connectivity index (χ1v) is 9.03. The number of benzene rings is 2. The minimum Gasteiger partial charge on any atom is -0.464 e. The Labute approximate surface area is 161 Å². The van der Waals surface area contributed by atoms with E-state index in [9.17, 15) is 4.79 Å². The van der Waals surface area contributed by atoms with Gasteiger partial charge in [0.05, 0.1) is 0 Å². The summed E-state index contributed by atoms with van der Waals surface area (Å²) in [7, 11) is 0. The molecular weight excluding hydrogens is 348 g/mol. The normalized spacial score (nSPS) is 13.5. The second kappa shape index (κ2) is 9.72. The van der Waals surface area contributed by atoms with Crippen molar-refractivity contribution in [2.24, 2.45) is 11.5 Å². The third-order valence-corrected chi connectivity index (χ3v) is 4.88. The van der Waals surface area contributed by atoms with Crippen molar-refractivity contribution in [3.8, 4) is 11.1 Å². The second-order valence-electron chi connectivity index (χ2n) is 6.60. The maximum Gasteiger partial charge on any atom is 0.322 e. The molecule has 0 aromatic heterocycles. The number of halogens is 1. The molecule has 4 N–H and O–H groups in total. The Hall–Kier alpha value is -1.88. The SMILES string of the molecule is Cl.NCCCCCC(N)C(=O)OCC1c2ccccc2-c2ccccc21. The predicted octanol–water partition coefficient (Wildman–Crippen LogP) is 3.61. The lowest BCUT2D eigenvalue weighted by atomic mass is 9.98. The van der Waals surface area contributed by atoms with Gasteiger partial charge in [-0.15, -0.1) is 12.4 Å². The van der Waals surface area contributed by atoms with Crippen LogP contribution < -0.4 is 11.5 Å². The van der Waals surface area contributed by atoms with Gasteiger partial charge in [0.15, 0.2) is 0 Å². The molecule has 2 aromatic carbocycles. The number of hydrogen-bond acceptors (Lipinski definition) is 4. The Morgan fingerprint density at radius 2 is 1.54 bits per heavy atom. The van der Waals surface area contributed by atoms with E-state index in [-0.39, 0.29) is 24.3 Å². The monoisotopic (exact) mass is 374 g/mol. The first kappa shape index (κ1) is 20.4. The second-order valence-corrected chi connectivity index (χ2v) is 6.60. The van der Waals surface area contributed by atoms with Crippen LogP contribution >= 0.6 is 12.4 Å². The van der Waals surface area contributed by atoms with E-state index in [0.29, 0.717) is 19.6 Å². The summed E-state index contributed by atoms with van der Waals surface area (Å²) in [5.74, 6) is -0.226. The van der Waals surface area contributed by atoms with E-state index in [1.165, 1.54) is 22.3 Å². The summed E-state index contributed by atoms with van der Waals surface area (Å²) < 4.78 is 5.57. The van der Waals surface area contributed by atoms with Gasteiger partial charge >= 0.3 is 5.97 Å². The van der Waals surface area contributed by atoms with Gasteiger partial charge in [0, 0.05) is 5.92 Å². The van der Waals surface area contributed by atoms with Crippen molar-refractivity contribution in [3.63, 3.8) is 0 Å². The lowest BCUT2D eigenvalue weighted by Gasteiger charge is -2.16.